The molecule has 9 nitrogen and oxygen atoms in total. The summed E-state index contributed by atoms with van der Waals surface area (Å²) in [5, 5.41) is 20.4. The van der Waals surface area contributed by atoms with Gasteiger partial charge in [0, 0.05) is 6.54 Å². The van der Waals surface area contributed by atoms with E-state index in [1.165, 1.54) is 14.0 Å². The van der Waals surface area contributed by atoms with E-state index in [0.29, 0.717) is 0 Å². The van der Waals surface area contributed by atoms with Crippen LogP contribution in [0, 0.1) is 0 Å². The lowest BCUT2D eigenvalue weighted by atomic mass is 10.2. The van der Waals surface area contributed by atoms with Crippen LogP contribution in [-0.4, -0.2) is 78.1 Å². The van der Waals surface area contributed by atoms with Gasteiger partial charge >= 0.3 is 18.0 Å². The summed E-state index contributed by atoms with van der Waals surface area (Å²) in [5.74, 6) is -2.01. The van der Waals surface area contributed by atoms with E-state index in [9.17, 15) is 19.5 Å². The van der Waals surface area contributed by atoms with Gasteiger partial charge in [0.15, 0.2) is 12.1 Å². The molecule has 1 fully saturated rings. The molecule has 0 aromatic heterocycles. The van der Waals surface area contributed by atoms with Crippen molar-refractivity contribution in [2.24, 2.45) is 0 Å². The molecule has 3 N–H and O–H groups in total. The first-order valence-electron chi connectivity index (χ1n) is 6.02. The van der Waals surface area contributed by atoms with Crippen LogP contribution in [0.3, 0.4) is 0 Å². The molecule has 0 bridgehead atoms. The number of aliphatic carboxylic acids is 1. The van der Waals surface area contributed by atoms with Crippen LogP contribution in [0.15, 0.2) is 0 Å². The molecular formula is C11H18N2O7. The topological polar surface area (TPSA) is 125 Å². The fourth-order valence-electron chi connectivity index (χ4n) is 1.78. The number of carbonyl (C=O) groups is 3. The number of carboxylic acids is 1. The Hall–Kier alpha value is -1.87. The highest BCUT2D eigenvalue weighted by molar-refractivity contribution is 5.87. The summed E-state index contributed by atoms with van der Waals surface area (Å²) >= 11 is 0. The lowest BCUT2D eigenvalue weighted by Gasteiger charge is -2.34. The molecule has 114 valence electrons. The van der Waals surface area contributed by atoms with Crippen molar-refractivity contribution in [2.45, 2.75) is 25.1 Å². The molecule has 0 aromatic carbocycles. The first kappa shape index (κ1) is 16.2. The summed E-state index contributed by atoms with van der Waals surface area (Å²) < 4.78 is 9.66. The van der Waals surface area contributed by atoms with E-state index in [1.807, 2.05) is 0 Å². The molecule has 1 heterocycles. The van der Waals surface area contributed by atoms with Gasteiger partial charge in [-0.15, -0.1) is 0 Å². The maximum absolute atomic E-state index is 12.0. The minimum atomic E-state index is -1.45. The molecule has 3 unspecified atom stereocenters. The second-order valence-corrected chi connectivity index (χ2v) is 4.31. The third kappa shape index (κ3) is 3.81. The van der Waals surface area contributed by atoms with E-state index < -0.39 is 36.2 Å². The van der Waals surface area contributed by atoms with E-state index in [4.69, 9.17) is 9.84 Å². The molecule has 0 saturated carbocycles. The van der Waals surface area contributed by atoms with Crippen LogP contribution in [-0.2, 0) is 19.1 Å². The maximum atomic E-state index is 12.0. The number of methoxy groups -OCH3 is 1. The van der Waals surface area contributed by atoms with Crippen molar-refractivity contribution in [3.05, 3.63) is 0 Å². The minimum absolute atomic E-state index is 0.0213. The average Bonchev–Trinajstić information content (AvgIpc) is 2.42. The molecule has 1 aliphatic heterocycles. The normalized spacial score (nSPS) is 21.8. The first-order chi connectivity index (χ1) is 9.38. The molecule has 1 rings (SSSR count). The van der Waals surface area contributed by atoms with E-state index >= 15 is 0 Å². The van der Waals surface area contributed by atoms with Gasteiger partial charge < -0.3 is 29.9 Å². The van der Waals surface area contributed by atoms with Crippen molar-refractivity contribution in [3.63, 3.8) is 0 Å². The van der Waals surface area contributed by atoms with E-state index in [0.717, 1.165) is 4.90 Å². The van der Waals surface area contributed by atoms with Gasteiger partial charge in [-0.3, -0.25) is 0 Å². The molecule has 9 heteroatoms. The van der Waals surface area contributed by atoms with Crippen LogP contribution in [0.4, 0.5) is 4.79 Å². The molecular weight excluding hydrogens is 272 g/mol. The molecule has 0 radical (unpaired) electrons. The van der Waals surface area contributed by atoms with Crippen molar-refractivity contribution in [2.75, 3.05) is 26.9 Å². The summed E-state index contributed by atoms with van der Waals surface area (Å²) in [6.07, 6.45) is -1.27. The lowest BCUT2D eigenvalue weighted by molar-refractivity contribution is -0.151. The zero-order valence-corrected chi connectivity index (χ0v) is 11.2. The van der Waals surface area contributed by atoms with Crippen LogP contribution in [0.2, 0.25) is 0 Å². The highest BCUT2D eigenvalue weighted by Crippen LogP contribution is 2.09. The smallest absolute Gasteiger partial charge is 0.331 e. The molecule has 20 heavy (non-hydrogen) atoms. The maximum Gasteiger partial charge on any atom is 0.331 e. The average molecular weight is 290 g/mol. The Bertz CT molecular complexity index is 385. The number of nitrogens with zero attached hydrogens (tertiary/aromatic N) is 1. The Morgan fingerprint density at radius 3 is 2.60 bits per heavy atom. The van der Waals surface area contributed by atoms with Crippen LogP contribution in [0.25, 0.3) is 0 Å². The SMILES string of the molecule is COC(=O)C1COCCN1C(=O)NC(C(=O)O)C(C)O. The summed E-state index contributed by atoms with van der Waals surface area (Å²) in [4.78, 5) is 35.6. The number of carbonyl (C=O) groups excluding carboxylic acids is 2. The Morgan fingerprint density at radius 1 is 1.45 bits per heavy atom. The third-order valence-electron chi connectivity index (χ3n) is 2.89. The Morgan fingerprint density at radius 2 is 2.10 bits per heavy atom. The minimum Gasteiger partial charge on any atom is -0.480 e. The highest BCUT2D eigenvalue weighted by atomic mass is 16.5. The number of urea groups is 1. The van der Waals surface area contributed by atoms with Gasteiger partial charge in [-0.25, -0.2) is 14.4 Å². The zero-order valence-electron chi connectivity index (χ0n) is 11.2. The van der Waals surface area contributed by atoms with Crippen LogP contribution in [0.1, 0.15) is 6.92 Å². The number of nitrogens with one attached hydrogen (secondary N) is 1. The molecule has 2 amide bonds. The van der Waals surface area contributed by atoms with Gasteiger partial charge in [-0.2, -0.15) is 0 Å². The van der Waals surface area contributed by atoms with Crippen molar-refractivity contribution in [1.29, 1.82) is 0 Å². The zero-order chi connectivity index (χ0) is 15.3. The fourth-order valence-corrected chi connectivity index (χ4v) is 1.78. The van der Waals surface area contributed by atoms with Crippen LogP contribution >= 0.6 is 0 Å². The number of rotatable bonds is 4. The van der Waals surface area contributed by atoms with Crippen LogP contribution in [0.5, 0.6) is 0 Å². The number of morpholine rings is 1. The van der Waals surface area contributed by atoms with Gasteiger partial charge in [0.1, 0.15) is 0 Å². The summed E-state index contributed by atoms with van der Waals surface area (Å²) in [7, 11) is 1.18. The largest absolute Gasteiger partial charge is 0.480 e. The third-order valence-corrected chi connectivity index (χ3v) is 2.89. The predicted octanol–water partition coefficient (Wildman–Crippen LogP) is -1.60. The van der Waals surface area contributed by atoms with E-state index in [2.05, 4.69) is 10.1 Å². The number of aliphatic hydroxyl groups is 1. The van der Waals surface area contributed by atoms with Crippen molar-refractivity contribution >= 4 is 18.0 Å². The Labute approximate surface area is 115 Å². The molecule has 3 atom stereocenters. The Kier molecular flexibility index (Phi) is 5.71. The van der Waals surface area contributed by atoms with Gasteiger partial charge in [-0.1, -0.05) is 0 Å². The van der Waals surface area contributed by atoms with Gasteiger partial charge in [-0.05, 0) is 6.92 Å². The monoisotopic (exact) mass is 290 g/mol. The number of amides is 2. The molecule has 0 aromatic rings. The van der Waals surface area contributed by atoms with Gasteiger partial charge in [0.2, 0.25) is 0 Å². The standard InChI is InChI=1S/C11H18N2O7/c1-6(14)8(9(15)16)12-11(18)13-3-4-20-5-7(13)10(17)19-2/h6-8,14H,3-5H2,1-2H3,(H,12,18)(H,15,16). The number of aliphatic hydroxyl groups excluding tert-OH is 1. The van der Waals surface area contributed by atoms with Crippen molar-refractivity contribution < 1.29 is 34.1 Å². The summed E-state index contributed by atoms with van der Waals surface area (Å²) in [5.41, 5.74) is 0. The predicted molar refractivity (Wildman–Crippen MR) is 65.0 cm³/mol. The van der Waals surface area contributed by atoms with Crippen molar-refractivity contribution in [3.8, 4) is 0 Å². The van der Waals surface area contributed by atoms with E-state index in [1.54, 1.807) is 0 Å². The summed E-state index contributed by atoms with van der Waals surface area (Å²) in [6.45, 7) is 1.58. The van der Waals surface area contributed by atoms with Gasteiger partial charge in [0.05, 0.1) is 26.4 Å². The first-order valence-corrected chi connectivity index (χ1v) is 6.02. The lowest BCUT2D eigenvalue weighted by Crippen LogP contribution is -2.59. The second kappa shape index (κ2) is 7.06. The van der Waals surface area contributed by atoms with E-state index in [-0.39, 0.29) is 19.8 Å². The summed E-state index contributed by atoms with van der Waals surface area (Å²) in [6, 6.07) is -3.15. The fraction of sp³-hybridized carbons (Fsp3) is 0.727. The molecule has 0 aliphatic carbocycles. The van der Waals surface area contributed by atoms with Crippen molar-refractivity contribution in [1.82, 2.24) is 10.2 Å². The number of carboxylic acid groups (broad SMARTS) is 1. The Balaban J connectivity index is 2.77. The molecule has 0 spiro atoms. The number of hydrogen-bond donors (Lipinski definition) is 3. The quantitative estimate of drug-likeness (QED) is 0.532. The number of ether oxygens (including phenoxy) is 2. The number of esters is 1. The molecule has 1 aliphatic rings. The second-order valence-electron chi connectivity index (χ2n) is 4.31. The van der Waals surface area contributed by atoms with Crippen LogP contribution < -0.4 is 5.32 Å². The highest BCUT2D eigenvalue weighted by Gasteiger charge is 2.36. The molecule has 1 saturated heterocycles. The number of hydrogen-bond acceptors (Lipinski definition) is 6. The van der Waals surface area contributed by atoms with Gasteiger partial charge in [0.25, 0.3) is 0 Å².